The van der Waals surface area contributed by atoms with E-state index in [-0.39, 0.29) is 0 Å². The molecular formula is C13H21NO2. The van der Waals surface area contributed by atoms with Crippen LogP contribution in [0.2, 0.25) is 0 Å². The maximum Gasteiger partial charge on any atom is 0.136 e. The number of hydrogen-bond donors (Lipinski definition) is 0. The van der Waals surface area contributed by atoms with Crippen molar-refractivity contribution in [2.75, 3.05) is 19.8 Å². The van der Waals surface area contributed by atoms with E-state index in [0.29, 0.717) is 17.9 Å². The van der Waals surface area contributed by atoms with Crippen molar-refractivity contribution < 1.29 is 9.53 Å². The van der Waals surface area contributed by atoms with Gasteiger partial charge in [0, 0.05) is 44.7 Å². The minimum Gasteiger partial charge on any atom is -0.381 e. The van der Waals surface area contributed by atoms with E-state index >= 15 is 0 Å². The average molecular weight is 223 g/mol. The molecule has 3 heterocycles. The third kappa shape index (κ3) is 2.03. The quantitative estimate of drug-likeness (QED) is 0.712. The molecule has 3 saturated heterocycles. The minimum atomic E-state index is 0.496. The molecule has 0 radical (unpaired) electrons. The lowest BCUT2D eigenvalue weighted by Gasteiger charge is -2.37. The van der Waals surface area contributed by atoms with Gasteiger partial charge in [-0.25, -0.2) is 0 Å². The molecular weight excluding hydrogens is 202 g/mol. The number of ether oxygens (including phenoxy) is 1. The molecule has 0 aromatic heterocycles. The van der Waals surface area contributed by atoms with Crippen LogP contribution in [0, 0.1) is 5.92 Å². The minimum absolute atomic E-state index is 0.496. The van der Waals surface area contributed by atoms with Crippen molar-refractivity contribution in [3.63, 3.8) is 0 Å². The maximum atomic E-state index is 11.5. The lowest BCUT2D eigenvalue weighted by molar-refractivity contribution is -0.124. The van der Waals surface area contributed by atoms with Crippen LogP contribution in [0.4, 0.5) is 0 Å². The second-order valence-corrected chi connectivity index (χ2v) is 5.58. The summed E-state index contributed by atoms with van der Waals surface area (Å²) in [5.41, 5.74) is 0. The molecule has 3 aliphatic heterocycles. The summed E-state index contributed by atoms with van der Waals surface area (Å²) in [4.78, 5) is 14.2. The van der Waals surface area contributed by atoms with Crippen molar-refractivity contribution in [3.8, 4) is 0 Å². The number of piperidine rings is 1. The molecule has 16 heavy (non-hydrogen) atoms. The summed E-state index contributed by atoms with van der Waals surface area (Å²) >= 11 is 0. The zero-order valence-electron chi connectivity index (χ0n) is 9.86. The summed E-state index contributed by atoms with van der Waals surface area (Å²) in [6, 6.07) is 1.16. The van der Waals surface area contributed by atoms with Crippen LogP contribution >= 0.6 is 0 Å². The van der Waals surface area contributed by atoms with Gasteiger partial charge >= 0.3 is 0 Å². The zero-order chi connectivity index (χ0) is 11.0. The first-order valence-electron chi connectivity index (χ1n) is 6.68. The van der Waals surface area contributed by atoms with E-state index in [1.807, 2.05) is 0 Å². The van der Waals surface area contributed by atoms with Crippen molar-refractivity contribution in [3.05, 3.63) is 0 Å². The summed E-state index contributed by atoms with van der Waals surface area (Å²) in [6.45, 7) is 3.09. The monoisotopic (exact) mass is 223 g/mol. The number of carbonyl (C=O) groups excluding carboxylic acids is 1. The first kappa shape index (κ1) is 10.7. The average Bonchev–Trinajstić information content (AvgIpc) is 2.54. The van der Waals surface area contributed by atoms with Crippen LogP contribution in [0.25, 0.3) is 0 Å². The fourth-order valence-corrected chi connectivity index (χ4v) is 3.59. The molecule has 90 valence electrons. The molecule has 3 rings (SSSR count). The second kappa shape index (κ2) is 4.46. The van der Waals surface area contributed by atoms with Crippen LogP contribution in [-0.2, 0) is 9.53 Å². The highest BCUT2D eigenvalue weighted by Gasteiger charge is 2.40. The third-order valence-corrected chi connectivity index (χ3v) is 4.51. The van der Waals surface area contributed by atoms with Gasteiger partial charge in [0.25, 0.3) is 0 Å². The van der Waals surface area contributed by atoms with Crippen LogP contribution < -0.4 is 0 Å². The molecule has 0 aromatic carbocycles. The predicted molar refractivity (Wildman–Crippen MR) is 61.3 cm³/mol. The molecule has 0 aliphatic carbocycles. The summed E-state index contributed by atoms with van der Waals surface area (Å²) in [7, 11) is 0. The van der Waals surface area contributed by atoms with Gasteiger partial charge in [-0.05, 0) is 31.6 Å². The molecule has 3 aliphatic rings. The lowest BCUT2D eigenvalue weighted by atomic mass is 9.95. The van der Waals surface area contributed by atoms with Crippen molar-refractivity contribution in [2.45, 2.75) is 50.6 Å². The lowest BCUT2D eigenvalue weighted by Crippen LogP contribution is -2.46. The van der Waals surface area contributed by atoms with E-state index in [1.165, 1.54) is 32.2 Å². The zero-order valence-corrected chi connectivity index (χ0v) is 9.86. The Labute approximate surface area is 97.1 Å². The summed E-state index contributed by atoms with van der Waals surface area (Å²) in [6.07, 6.45) is 6.56. The maximum absolute atomic E-state index is 11.5. The van der Waals surface area contributed by atoms with E-state index in [4.69, 9.17) is 4.74 Å². The molecule has 3 heteroatoms. The van der Waals surface area contributed by atoms with E-state index in [1.54, 1.807) is 0 Å². The summed E-state index contributed by atoms with van der Waals surface area (Å²) in [5.74, 6) is 1.31. The van der Waals surface area contributed by atoms with Gasteiger partial charge in [-0.2, -0.15) is 0 Å². The third-order valence-electron chi connectivity index (χ3n) is 4.51. The van der Waals surface area contributed by atoms with Gasteiger partial charge in [-0.15, -0.1) is 0 Å². The van der Waals surface area contributed by atoms with Gasteiger partial charge in [0.1, 0.15) is 5.78 Å². The molecule has 3 fully saturated rings. The molecule has 0 N–H and O–H groups in total. The molecule has 0 aromatic rings. The number of rotatable bonds is 2. The van der Waals surface area contributed by atoms with Crippen molar-refractivity contribution in [1.29, 1.82) is 0 Å². The molecule has 2 atom stereocenters. The number of hydrogen-bond acceptors (Lipinski definition) is 3. The standard InChI is InChI=1S/C13H21NO2/c15-13-7-11-1-2-12(8-13)14(11)9-10-3-5-16-6-4-10/h10-12H,1-9H2. The van der Waals surface area contributed by atoms with Gasteiger partial charge in [0.05, 0.1) is 0 Å². The number of Topliss-reactive ketones (excluding diaryl/α,β-unsaturated/α-hetero) is 1. The summed E-state index contributed by atoms with van der Waals surface area (Å²) < 4.78 is 5.40. The van der Waals surface area contributed by atoms with E-state index < -0.39 is 0 Å². The first-order chi connectivity index (χ1) is 7.83. The second-order valence-electron chi connectivity index (χ2n) is 5.58. The number of carbonyl (C=O) groups is 1. The Morgan fingerprint density at radius 1 is 1.06 bits per heavy atom. The molecule has 0 saturated carbocycles. The Morgan fingerprint density at radius 3 is 2.31 bits per heavy atom. The van der Waals surface area contributed by atoms with Crippen molar-refractivity contribution >= 4 is 5.78 Å². The van der Waals surface area contributed by atoms with E-state index in [0.717, 1.165) is 32.0 Å². The van der Waals surface area contributed by atoms with Crippen LogP contribution in [0.1, 0.15) is 38.5 Å². The number of ketones is 1. The summed E-state index contributed by atoms with van der Waals surface area (Å²) in [5, 5.41) is 0. The van der Waals surface area contributed by atoms with Crippen LogP contribution in [0.15, 0.2) is 0 Å². The van der Waals surface area contributed by atoms with Crippen molar-refractivity contribution in [2.24, 2.45) is 5.92 Å². The van der Waals surface area contributed by atoms with E-state index in [9.17, 15) is 4.79 Å². The Kier molecular flexibility index (Phi) is 2.99. The Balaban J connectivity index is 1.60. The van der Waals surface area contributed by atoms with Gasteiger partial charge < -0.3 is 4.74 Å². The highest BCUT2D eigenvalue weighted by atomic mass is 16.5. The Bertz CT molecular complexity index is 257. The Hall–Kier alpha value is -0.410. The van der Waals surface area contributed by atoms with Gasteiger partial charge in [0.2, 0.25) is 0 Å². The highest BCUT2D eigenvalue weighted by Crippen LogP contribution is 2.35. The predicted octanol–water partition coefficient (Wildman–Crippen LogP) is 1.61. The molecule has 0 spiro atoms. The topological polar surface area (TPSA) is 29.5 Å². The molecule has 2 unspecified atom stereocenters. The smallest absolute Gasteiger partial charge is 0.136 e. The number of fused-ring (bicyclic) bond motifs is 2. The normalized spacial score (nSPS) is 36.9. The largest absolute Gasteiger partial charge is 0.381 e. The number of nitrogens with zero attached hydrogens (tertiary/aromatic N) is 1. The van der Waals surface area contributed by atoms with E-state index in [2.05, 4.69) is 4.90 Å². The molecule has 0 amide bonds. The fourth-order valence-electron chi connectivity index (χ4n) is 3.59. The van der Waals surface area contributed by atoms with Gasteiger partial charge in [0.15, 0.2) is 0 Å². The van der Waals surface area contributed by atoms with Crippen molar-refractivity contribution in [1.82, 2.24) is 4.90 Å². The van der Waals surface area contributed by atoms with Crippen LogP contribution in [0.3, 0.4) is 0 Å². The van der Waals surface area contributed by atoms with Gasteiger partial charge in [-0.1, -0.05) is 0 Å². The van der Waals surface area contributed by atoms with Gasteiger partial charge in [-0.3, -0.25) is 9.69 Å². The Morgan fingerprint density at radius 2 is 1.69 bits per heavy atom. The fraction of sp³-hybridized carbons (Fsp3) is 0.923. The van der Waals surface area contributed by atoms with Crippen LogP contribution in [-0.4, -0.2) is 42.5 Å². The molecule has 2 bridgehead atoms. The van der Waals surface area contributed by atoms with Crippen LogP contribution in [0.5, 0.6) is 0 Å². The molecule has 3 nitrogen and oxygen atoms in total. The SMILES string of the molecule is O=C1CC2CCC(C1)N2CC1CCOCC1. The first-order valence-corrected chi connectivity index (χ1v) is 6.68. The highest BCUT2D eigenvalue weighted by molar-refractivity contribution is 5.80.